The first-order chi connectivity index (χ1) is 23.6. The van der Waals surface area contributed by atoms with Crippen LogP contribution in [0, 0.1) is 0 Å². The average Bonchev–Trinajstić information content (AvgIpc) is 3.14. The standard InChI is InChI=1S/2C22H20O2/c2*23-16-15-21(17-7-3-1-4-8-17)22(18-9-5-2-6-10-18)19-11-13-20(24)14-12-19/h2*1-14,23-24H,15-16H2/b22-21+;22-21-. The van der Waals surface area contributed by atoms with Crippen molar-refractivity contribution < 1.29 is 20.4 Å². The number of hydrogen-bond donors (Lipinski definition) is 4. The molecule has 4 heteroatoms. The molecule has 0 amide bonds. The van der Waals surface area contributed by atoms with Crippen LogP contribution < -0.4 is 0 Å². The number of benzene rings is 6. The van der Waals surface area contributed by atoms with Crippen LogP contribution in [0.2, 0.25) is 0 Å². The summed E-state index contributed by atoms with van der Waals surface area (Å²) in [5.74, 6) is 0.490. The Balaban J connectivity index is 0.000000188. The zero-order chi connectivity index (χ0) is 33.6. The van der Waals surface area contributed by atoms with Crippen molar-refractivity contribution in [3.63, 3.8) is 0 Å². The predicted octanol–water partition coefficient (Wildman–Crippen LogP) is 9.47. The van der Waals surface area contributed by atoms with Gasteiger partial charge in [-0.15, -0.1) is 0 Å². The summed E-state index contributed by atoms with van der Waals surface area (Å²) in [6, 6.07) is 55.0. The minimum Gasteiger partial charge on any atom is -0.508 e. The molecule has 4 N–H and O–H groups in total. The molecule has 0 aliphatic carbocycles. The molecule has 6 aromatic carbocycles. The van der Waals surface area contributed by atoms with E-state index in [1.165, 1.54) is 0 Å². The third-order valence-corrected chi connectivity index (χ3v) is 8.01. The zero-order valence-corrected chi connectivity index (χ0v) is 26.8. The van der Waals surface area contributed by atoms with Gasteiger partial charge in [-0.05, 0) is 92.8 Å². The first-order valence-electron chi connectivity index (χ1n) is 16.1. The molecule has 0 unspecified atom stereocenters. The molecule has 6 aromatic rings. The van der Waals surface area contributed by atoms with Gasteiger partial charge in [-0.3, -0.25) is 0 Å². The van der Waals surface area contributed by atoms with Gasteiger partial charge in [-0.2, -0.15) is 0 Å². The first kappa shape index (κ1) is 33.7. The highest BCUT2D eigenvalue weighted by molar-refractivity contribution is 5.99. The normalized spacial score (nSPS) is 11.9. The molecule has 0 atom stereocenters. The highest BCUT2D eigenvalue weighted by Crippen LogP contribution is 2.36. The minimum absolute atomic E-state index is 0.0820. The van der Waals surface area contributed by atoms with Crippen LogP contribution in [0.4, 0.5) is 0 Å². The maximum atomic E-state index is 9.61. The van der Waals surface area contributed by atoms with Gasteiger partial charge in [-0.25, -0.2) is 0 Å². The Kier molecular flexibility index (Phi) is 12.1. The van der Waals surface area contributed by atoms with E-state index < -0.39 is 0 Å². The topological polar surface area (TPSA) is 80.9 Å². The van der Waals surface area contributed by atoms with E-state index in [9.17, 15) is 20.4 Å². The van der Waals surface area contributed by atoms with Gasteiger partial charge in [0, 0.05) is 13.2 Å². The van der Waals surface area contributed by atoms with Gasteiger partial charge >= 0.3 is 0 Å². The van der Waals surface area contributed by atoms with Crippen molar-refractivity contribution in [2.45, 2.75) is 12.8 Å². The molecule has 0 aliphatic rings. The van der Waals surface area contributed by atoms with E-state index in [4.69, 9.17) is 0 Å². The van der Waals surface area contributed by atoms with Crippen LogP contribution in [0.1, 0.15) is 46.2 Å². The van der Waals surface area contributed by atoms with Gasteiger partial charge in [-0.1, -0.05) is 146 Å². The SMILES string of the molecule is OCC/C(=C(/c1ccccc1)c1ccc(O)cc1)c1ccccc1.OCC/C(=C(\c1ccccc1)c1ccc(O)cc1)c1ccccc1. The van der Waals surface area contributed by atoms with E-state index in [2.05, 4.69) is 48.5 Å². The second-order valence-corrected chi connectivity index (χ2v) is 11.2. The van der Waals surface area contributed by atoms with Gasteiger partial charge in [0.2, 0.25) is 0 Å². The molecule has 0 aliphatic heterocycles. The van der Waals surface area contributed by atoms with Crippen molar-refractivity contribution in [2.75, 3.05) is 13.2 Å². The molecule has 0 spiro atoms. The van der Waals surface area contributed by atoms with Gasteiger partial charge in [0.1, 0.15) is 11.5 Å². The molecule has 0 bridgehead atoms. The van der Waals surface area contributed by atoms with Crippen molar-refractivity contribution in [1.82, 2.24) is 0 Å². The summed E-state index contributed by atoms with van der Waals surface area (Å²) < 4.78 is 0. The second-order valence-electron chi connectivity index (χ2n) is 11.2. The molecule has 0 aromatic heterocycles. The fraction of sp³-hybridized carbons (Fsp3) is 0.0909. The number of aliphatic hydroxyl groups excluding tert-OH is 2. The number of hydrogen-bond acceptors (Lipinski definition) is 4. The summed E-state index contributed by atoms with van der Waals surface area (Å²) in [6.45, 7) is 0.164. The van der Waals surface area contributed by atoms with Crippen molar-refractivity contribution in [3.05, 3.63) is 203 Å². The molecule has 0 fully saturated rings. The lowest BCUT2D eigenvalue weighted by Gasteiger charge is -2.17. The van der Waals surface area contributed by atoms with Crippen molar-refractivity contribution in [2.24, 2.45) is 0 Å². The van der Waals surface area contributed by atoms with Crippen molar-refractivity contribution in [3.8, 4) is 11.5 Å². The molecule has 48 heavy (non-hydrogen) atoms. The molecule has 0 saturated heterocycles. The Labute approximate surface area is 282 Å². The van der Waals surface area contributed by atoms with Crippen LogP contribution in [0.3, 0.4) is 0 Å². The monoisotopic (exact) mass is 632 g/mol. The Morgan fingerprint density at radius 3 is 0.833 bits per heavy atom. The lowest BCUT2D eigenvalue weighted by molar-refractivity contribution is 0.304. The Morgan fingerprint density at radius 1 is 0.312 bits per heavy atom. The van der Waals surface area contributed by atoms with Crippen LogP contribution in [-0.4, -0.2) is 33.6 Å². The van der Waals surface area contributed by atoms with E-state index >= 15 is 0 Å². The molecule has 4 nitrogen and oxygen atoms in total. The molecule has 240 valence electrons. The summed E-state index contributed by atoms with van der Waals surface area (Å²) >= 11 is 0. The largest absolute Gasteiger partial charge is 0.508 e. The predicted molar refractivity (Wildman–Crippen MR) is 197 cm³/mol. The lowest BCUT2D eigenvalue weighted by atomic mass is 9.88. The summed E-state index contributed by atoms with van der Waals surface area (Å²) in [4.78, 5) is 0. The Bertz CT molecular complexity index is 1750. The molecular formula is C44H40O4. The smallest absolute Gasteiger partial charge is 0.115 e. The minimum atomic E-state index is 0.0820. The Hall–Kier alpha value is -5.68. The number of rotatable bonds is 10. The van der Waals surface area contributed by atoms with E-state index in [0.717, 1.165) is 55.7 Å². The number of aromatic hydroxyl groups is 2. The molecule has 6 rings (SSSR count). The molecule has 0 heterocycles. The van der Waals surface area contributed by atoms with Crippen LogP contribution in [0.15, 0.2) is 170 Å². The highest BCUT2D eigenvalue weighted by Gasteiger charge is 2.15. The molecule has 0 saturated carbocycles. The molecule has 0 radical (unpaired) electrons. The first-order valence-corrected chi connectivity index (χ1v) is 16.1. The third kappa shape index (κ3) is 8.77. The molecular weight excluding hydrogens is 592 g/mol. The van der Waals surface area contributed by atoms with E-state index in [-0.39, 0.29) is 24.7 Å². The lowest BCUT2D eigenvalue weighted by Crippen LogP contribution is -1.97. The highest BCUT2D eigenvalue weighted by atomic mass is 16.3. The maximum absolute atomic E-state index is 9.61. The van der Waals surface area contributed by atoms with E-state index in [1.807, 2.05) is 97.1 Å². The average molecular weight is 633 g/mol. The fourth-order valence-corrected chi connectivity index (χ4v) is 5.83. The van der Waals surface area contributed by atoms with Crippen molar-refractivity contribution >= 4 is 22.3 Å². The van der Waals surface area contributed by atoms with Gasteiger partial charge in [0.25, 0.3) is 0 Å². The van der Waals surface area contributed by atoms with Crippen LogP contribution in [0.25, 0.3) is 22.3 Å². The number of phenols is 2. The number of aliphatic hydroxyl groups is 2. The summed E-state index contributed by atoms with van der Waals surface area (Å²) in [5.41, 5.74) is 10.8. The van der Waals surface area contributed by atoms with Gasteiger partial charge in [0.05, 0.1) is 0 Å². The Morgan fingerprint density at radius 2 is 0.562 bits per heavy atom. The summed E-state index contributed by atoms with van der Waals surface area (Å²) in [5, 5.41) is 38.4. The van der Waals surface area contributed by atoms with Crippen molar-refractivity contribution in [1.29, 1.82) is 0 Å². The van der Waals surface area contributed by atoms with Gasteiger partial charge in [0.15, 0.2) is 0 Å². The van der Waals surface area contributed by atoms with Crippen LogP contribution >= 0.6 is 0 Å². The van der Waals surface area contributed by atoms with Crippen LogP contribution in [0.5, 0.6) is 11.5 Å². The summed E-state index contributed by atoms with van der Waals surface area (Å²) in [7, 11) is 0. The van der Waals surface area contributed by atoms with Crippen LogP contribution in [-0.2, 0) is 0 Å². The second kappa shape index (κ2) is 17.3. The van der Waals surface area contributed by atoms with E-state index in [1.54, 1.807) is 24.3 Å². The number of phenolic OH excluding ortho intramolecular Hbond substituents is 2. The van der Waals surface area contributed by atoms with Gasteiger partial charge < -0.3 is 20.4 Å². The zero-order valence-electron chi connectivity index (χ0n) is 26.8. The fourth-order valence-electron chi connectivity index (χ4n) is 5.83. The maximum Gasteiger partial charge on any atom is 0.115 e. The van der Waals surface area contributed by atoms with E-state index in [0.29, 0.717) is 12.8 Å². The summed E-state index contributed by atoms with van der Waals surface area (Å²) in [6.07, 6.45) is 1.13. The quantitative estimate of drug-likeness (QED) is 0.113. The third-order valence-electron chi connectivity index (χ3n) is 8.01.